The van der Waals surface area contributed by atoms with Crippen LogP contribution in [-0.4, -0.2) is 46.7 Å². The van der Waals surface area contributed by atoms with Crippen LogP contribution < -0.4 is 0 Å². The summed E-state index contributed by atoms with van der Waals surface area (Å²) in [7, 11) is 0. The molecule has 184 valence electrons. The fraction of sp³-hybridized carbons (Fsp3) is 0.571. The summed E-state index contributed by atoms with van der Waals surface area (Å²) in [6.45, 7) is 1.51. The molecule has 7 nitrogen and oxygen atoms in total. The molecule has 2 bridgehead atoms. The van der Waals surface area contributed by atoms with E-state index in [1.807, 2.05) is 47.4 Å². The smallest absolute Gasteiger partial charge is 0.334 e. The lowest BCUT2D eigenvalue weighted by atomic mass is 9.82. The number of likely N-dealkylation sites (tertiary alicyclic amines) is 1. The van der Waals surface area contributed by atoms with Crippen molar-refractivity contribution in [3.8, 4) is 0 Å². The standard InChI is InChI=1S/C28H32N2O5/c31-23(35-30-27(33)24-18-10-11-19(13-18)25(24)28(30)34)14-22(12-17-6-2-1-3-7-17)26(32)29-15-20-8-4-5-9-21(20)16-29/h1-3,6-7,10-11,18-22,24-25H,4-5,8-9,12-16H2/t18-,19+,20-,21+,22-,24?,25?/m0/s1. The number of amides is 3. The number of hydroxylamine groups is 2. The molecule has 2 saturated heterocycles. The van der Waals surface area contributed by atoms with Crippen LogP contribution in [0.1, 0.15) is 44.1 Å². The van der Waals surface area contributed by atoms with E-state index in [9.17, 15) is 19.2 Å². The summed E-state index contributed by atoms with van der Waals surface area (Å²) in [4.78, 5) is 59.7. The molecule has 7 atom stereocenters. The fourth-order valence-corrected chi connectivity index (χ4v) is 7.29. The maximum atomic E-state index is 13.6. The van der Waals surface area contributed by atoms with E-state index in [0.717, 1.165) is 37.9 Å². The number of nitrogens with zero attached hydrogens (tertiary/aromatic N) is 2. The van der Waals surface area contributed by atoms with E-state index in [-0.39, 0.29) is 24.2 Å². The van der Waals surface area contributed by atoms with Gasteiger partial charge < -0.3 is 9.74 Å². The Labute approximate surface area is 205 Å². The Bertz CT molecular complexity index is 1020. The van der Waals surface area contributed by atoms with Crippen molar-refractivity contribution in [2.75, 3.05) is 13.1 Å². The van der Waals surface area contributed by atoms with Crippen molar-refractivity contribution in [2.45, 2.75) is 44.9 Å². The maximum absolute atomic E-state index is 13.6. The van der Waals surface area contributed by atoms with Gasteiger partial charge in [0.1, 0.15) is 0 Å². The quantitative estimate of drug-likeness (QED) is 0.465. The van der Waals surface area contributed by atoms with Crippen LogP contribution in [0.2, 0.25) is 0 Å². The van der Waals surface area contributed by atoms with Gasteiger partial charge in [0.15, 0.2) is 0 Å². The number of allylic oxidation sites excluding steroid dienone is 2. The molecule has 1 aromatic rings. The molecule has 1 aromatic carbocycles. The molecule has 0 spiro atoms. The Kier molecular flexibility index (Phi) is 5.73. The normalized spacial score (nSPS) is 33.7. The summed E-state index contributed by atoms with van der Waals surface area (Å²) in [5.74, 6) is -1.76. The van der Waals surface area contributed by atoms with Gasteiger partial charge in [0.05, 0.1) is 24.2 Å². The maximum Gasteiger partial charge on any atom is 0.334 e. The Balaban J connectivity index is 1.15. The first-order valence-corrected chi connectivity index (χ1v) is 13.1. The Morgan fingerprint density at radius 1 is 0.914 bits per heavy atom. The third kappa shape index (κ3) is 3.99. The van der Waals surface area contributed by atoms with Gasteiger partial charge in [-0.25, -0.2) is 4.79 Å². The van der Waals surface area contributed by atoms with Crippen molar-refractivity contribution in [2.24, 2.45) is 41.4 Å². The van der Waals surface area contributed by atoms with E-state index in [4.69, 9.17) is 4.84 Å². The number of imide groups is 1. The first kappa shape index (κ1) is 22.5. The van der Waals surface area contributed by atoms with E-state index in [1.165, 1.54) is 12.8 Å². The highest BCUT2D eigenvalue weighted by Gasteiger charge is 2.61. The number of fused-ring (bicyclic) bond motifs is 6. The molecule has 2 unspecified atom stereocenters. The summed E-state index contributed by atoms with van der Waals surface area (Å²) in [6, 6.07) is 9.66. The molecule has 2 saturated carbocycles. The SMILES string of the molecule is O=C(C[C@H](Cc1ccccc1)C(=O)N1C[C@H]2CCCC[C@H]2C1)ON1C(=O)C2C(C1=O)[C@H]1C=C[C@@H]2C1. The zero-order chi connectivity index (χ0) is 24.1. The number of carbonyl (C=O) groups is 4. The molecular formula is C28H32N2O5. The number of benzene rings is 1. The molecule has 2 heterocycles. The molecular weight excluding hydrogens is 444 g/mol. The van der Waals surface area contributed by atoms with Crippen molar-refractivity contribution < 1.29 is 24.0 Å². The lowest BCUT2D eigenvalue weighted by Gasteiger charge is -2.24. The highest BCUT2D eigenvalue weighted by atomic mass is 16.7. The average molecular weight is 477 g/mol. The van der Waals surface area contributed by atoms with Crippen molar-refractivity contribution in [1.29, 1.82) is 0 Å². The van der Waals surface area contributed by atoms with E-state index < -0.39 is 35.5 Å². The van der Waals surface area contributed by atoms with Gasteiger partial charge in [-0.3, -0.25) is 14.4 Å². The fourth-order valence-electron chi connectivity index (χ4n) is 7.29. The molecule has 0 aromatic heterocycles. The monoisotopic (exact) mass is 476 g/mol. The molecule has 0 radical (unpaired) electrons. The Morgan fingerprint density at radius 3 is 2.11 bits per heavy atom. The Hall–Kier alpha value is -2.96. The van der Waals surface area contributed by atoms with Crippen LogP contribution in [0, 0.1) is 41.4 Å². The lowest BCUT2D eigenvalue weighted by Crippen LogP contribution is -2.39. The summed E-state index contributed by atoms with van der Waals surface area (Å²) in [5.41, 5.74) is 0.973. The molecule has 6 rings (SSSR count). The third-order valence-corrected chi connectivity index (χ3v) is 9.00. The van der Waals surface area contributed by atoms with Gasteiger partial charge >= 0.3 is 5.97 Å². The molecule has 0 N–H and O–H groups in total. The number of rotatable bonds is 6. The molecule has 3 aliphatic carbocycles. The zero-order valence-electron chi connectivity index (χ0n) is 19.9. The van der Waals surface area contributed by atoms with E-state index in [1.54, 1.807) is 0 Å². The van der Waals surface area contributed by atoms with Crippen molar-refractivity contribution in [3.63, 3.8) is 0 Å². The van der Waals surface area contributed by atoms with E-state index >= 15 is 0 Å². The van der Waals surface area contributed by atoms with Crippen molar-refractivity contribution >= 4 is 23.7 Å². The predicted molar refractivity (Wildman–Crippen MR) is 126 cm³/mol. The van der Waals surface area contributed by atoms with Crippen LogP contribution in [0.15, 0.2) is 42.5 Å². The van der Waals surface area contributed by atoms with Gasteiger partial charge in [-0.15, -0.1) is 5.06 Å². The number of hydrogen-bond donors (Lipinski definition) is 0. The van der Waals surface area contributed by atoms with Gasteiger partial charge in [0.25, 0.3) is 11.8 Å². The first-order chi connectivity index (χ1) is 17.0. The molecule has 2 aliphatic heterocycles. The Morgan fingerprint density at radius 2 is 1.51 bits per heavy atom. The predicted octanol–water partition coefficient (Wildman–Crippen LogP) is 3.15. The van der Waals surface area contributed by atoms with Crippen molar-refractivity contribution in [1.82, 2.24) is 9.96 Å². The molecule has 4 fully saturated rings. The molecule has 7 heteroatoms. The third-order valence-electron chi connectivity index (χ3n) is 9.00. The van der Waals surface area contributed by atoms with Gasteiger partial charge in [0, 0.05) is 13.1 Å². The minimum absolute atomic E-state index is 0.0293. The molecule has 35 heavy (non-hydrogen) atoms. The van der Waals surface area contributed by atoms with Crippen LogP contribution in [0.5, 0.6) is 0 Å². The lowest BCUT2D eigenvalue weighted by molar-refractivity contribution is -0.200. The van der Waals surface area contributed by atoms with Gasteiger partial charge in [-0.2, -0.15) is 0 Å². The first-order valence-electron chi connectivity index (χ1n) is 13.1. The van der Waals surface area contributed by atoms with Crippen molar-refractivity contribution in [3.05, 3.63) is 48.0 Å². The highest BCUT2D eigenvalue weighted by molar-refractivity contribution is 6.06. The molecule has 5 aliphatic rings. The van der Waals surface area contributed by atoms with Gasteiger partial charge in [-0.05, 0) is 54.9 Å². The van der Waals surface area contributed by atoms with Crippen LogP contribution in [0.3, 0.4) is 0 Å². The van der Waals surface area contributed by atoms with E-state index in [2.05, 4.69) is 0 Å². The largest absolute Gasteiger partial charge is 0.342 e. The summed E-state index contributed by atoms with van der Waals surface area (Å²) in [6.07, 6.45) is 9.87. The average Bonchev–Trinajstić information content (AvgIpc) is 3.64. The van der Waals surface area contributed by atoms with Gasteiger partial charge in [-0.1, -0.05) is 55.3 Å². The second kappa shape index (κ2) is 8.92. The number of hydrogen-bond acceptors (Lipinski definition) is 5. The second-order valence-electron chi connectivity index (χ2n) is 11.1. The van der Waals surface area contributed by atoms with E-state index in [0.29, 0.717) is 23.3 Å². The number of carbonyl (C=O) groups excluding carboxylic acids is 4. The highest BCUT2D eigenvalue weighted by Crippen LogP contribution is 2.52. The summed E-state index contributed by atoms with van der Waals surface area (Å²) >= 11 is 0. The van der Waals surface area contributed by atoms with Crippen LogP contribution in [0.25, 0.3) is 0 Å². The van der Waals surface area contributed by atoms with Gasteiger partial charge in [0.2, 0.25) is 5.91 Å². The second-order valence-corrected chi connectivity index (χ2v) is 11.1. The topological polar surface area (TPSA) is 84.0 Å². The van der Waals surface area contributed by atoms with Crippen LogP contribution in [-0.2, 0) is 30.4 Å². The summed E-state index contributed by atoms with van der Waals surface area (Å²) in [5, 5.41) is 0.693. The summed E-state index contributed by atoms with van der Waals surface area (Å²) < 4.78 is 0. The minimum atomic E-state index is -0.696. The zero-order valence-corrected chi connectivity index (χ0v) is 19.9. The molecule has 3 amide bonds. The minimum Gasteiger partial charge on any atom is -0.342 e. The van der Waals surface area contributed by atoms with Crippen LogP contribution >= 0.6 is 0 Å². The van der Waals surface area contributed by atoms with Crippen LogP contribution in [0.4, 0.5) is 0 Å².